The molecule has 0 atom stereocenters. The van der Waals surface area contributed by atoms with E-state index in [0.29, 0.717) is 0 Å². The highest BCUT2D eigenvalue weighted by Gasteiger charge is 1.72. The van der Waals surface area contributed by atoms with Crippen molar-refractivity contribution in [1.29, 1.82) is 0 Å². The van der Waals surface area contributed by atoms with Gasteiger partial charge in [0.05, 0.1) is 12.5 Å². The van der Waals surface area contributed by atoms with Crippen LogP contribution in [0, 0.1) is 0 Å². The maximum absolute atomic E-state index is 4.58. The molecular weight excluding hydrogens is 655 g/mol. The maximum atomic E-state index is 4.58. The lowest BCUT2D eigenvalue weighted by molar-refractivity contribution is 0.567. The number of pyridine rings is 2. The number of hydrogen-bond acceptors (Lipinski definition) is 11. The van der Waals surface area contributed by atoms with Crippen molar-refractivity contribution in [2.24, 2.45) is 0 Å². The lowest BCUT2D eigenvalue weighted by Crippen LogP contribution is -1.73. The van der Waals surface area contributed by atoms with E-state index < -0.39 is 0 Å². The van der Waals surface area contributed by atoms with Gasteiger partial charge < -0.3 is 4.42 Å². The van der Waals surface area contributed by atoms with Crippen LogP contribution in [-0.4, -0.2) is 44.9 Å². The fraction of sp³-hybridized carbons (Fsp3) is 0.0250. The fourth-order valence-electron chi connectivity index (χ4n) is 2.57. The summed E-state index contributed by atoms with van der Waals surface area (Å²) in [7, 11) is 0. The normalized spacial score (nSPS) is 8.94. The predicted molar refractivity (Wildman–Crippen MR) is 205 cm³/mol. The van der Waals surface area contributed by atoms with E-state index in [9.17, 15) is 0 Å². The number of allylic oxidation sites excluding steroid dienone is 4. The van der Waals surface area contributed by atoms with Gasteiger partial charge in [-0.05, 0) is 59.6 Å². The van der Waals surface area contributed by atoms with Gasteiger partial charge in [-0.15, -0.1) is 0 Å². The average molecular weight is 696 g/mol. The predicted octanol–water partition coefficient (Wildman–Crippen LogP) is 9.20. The topological polar surface area (TPSA) is 129 Å². The fourth-order valence-corrected chi connectivity index (χ4v) is 3.02. The molecule has 1 aliphatic carbocycles. The SMILES string of the molecule is C1=CCC=C1.c1ccccc1.c1ccncc1.c1ccncc1.c1ccoc1.c1ccsc1.c1cnccn1.c1cncnc1.c1ncncn1. The largest absolute Gasteiger partial charge is 0.473 e. The number of thiophene rings is 1. The van der Waals surface area contributed by atoms with Gasteiger partial charge in [0, 0.05) is 62.0 Å². The molecule has 0 saturated heterocycles. The summed E-state index contributed by atoms with van der Waals surface area (Å²) < 4.78 is 4.58. The maximum Gasteiger partial charge on any atom is 0.119 e. The first kappa shape index (κ1) is 42.2. The summed E-state index contributed by atoms with van der Waals surface area (Å²) in [6, 6.07) is 32.9. The number of rotatable bonds is 0. The molecule has 0 saturated carbocycles. The van der Waals surface area contributed by atoms with Crippen LogP contribution in [0.3, 0.4) is 0 Å². The molecule has 7 aromatic heterocycles. The summed E-state index contributed by atoms with van der Waals surface area (Å²) in [5.41, 5.74) is 0. The van der Waals surface area contributed by atoms with Gasteiger partial charge in [-0.25, -0.2) is 24.9 Å². The van der Waals surface area contributed by atoms with Crippen molar-refractivity contribution in [1.82, 2.24) is 44.9 Å². The average Bonchev–Trinajstić information content (AvgIpc) is 4.12. The number of nitrogens with zero attached hydrogens (tertiary/aromatic N) is 9. The molecule has 0 bridgehead atoms. The molecule has 10 nitrogen and oxygen atoms in total. The van der Waals surface area contributed by atoms with Gasteiger partial charge in [0.15, 0.2) is 0 Å². The molecule has 0 aliphatic heterocycles. The van der Waals surface area contributed by atoms with Gasteiger partial charge in [0.1, 0.15) is 25.3 Å². The smallest absolute Gasteiger partial charge is 0.119 e. The zero-order valence-corrected chi connectivity index (χ0v) is 28.9. The van der Waals surface area contributed by atoms with Gasteiger partial charge in [-0.3, -0.25) is 19.9 Å². The zero-order valence-electron chi connectivity index (χ0n) is 28.1. The Balaban J connectivity index is 0.000000287. The van der Waals surface area contributed by atoms with Crippen molar-refractivity contribution in [3.63, 3.8) is 0 Å². The Kier molecular flexibility index (Phi) is 32.5. The molecule has 7 heterocycles. The van der Waals surface area contributed by atoms with E-state index in [-0.39, 0.29) is 0 Å². The Hall–Kier alpha value is -6.85. The first-order valence-corrected chi connectivity index (χ1v) is 16.3. The second-order valence-electron chi connectivity index (χ2n) is 8.47. The van der Waals surface area contributed by atoms with Crippen molar-refractivity contribution < 1.29 is 4.42 Å². The van der Waals surface area contributed by atoms with Crippen molar-refractivity contribution in [2.45, 2.75) is 6.42 Å². The third kappa shape index (κ3) is 37.5. The standard InChI is InChI=1S/C6H6.2C5H5N.C5H6.2C4H4N2.C4H4O.C4H4S.C3H3N3/c3*1-2-4-6-5-3-1;1-2-4-5-3-1;1-2-6-4-3-5-1;1-2-5-4-6-3-1;2*1-2-4-5-3-1;1-4-2-6-3-5-1/h1-6H;2*1-5H;1-4H,5H2;2*1-4H;2*1-4H;1-3H. The molecule has 0 radical (unpaired) electrons. The molecule has 8 aromatic rings. The molecule has 0 fully saturated rings. The summed E-state index contributed by atoms with van der Waals surface area (Å²) in [4.78, 5) is 33.0. The van der Waals surface area contributed by atoms with E-state index in [2.05, 4.69) is 73.6 Å². The molecule has 0 spiro atoms. The van der Waals surface area contributed by atoms with Crippen LogP contribution in [0.1, 0.15) is 6.42 Å². The lowest BCUT2D eigenvalue weighted by atomic mass is 10.4. The van der Waals surface area contributed by atoms with Gasteiger partial charge in [-0.2, -0.15) is 11.3 Å². The Morgan fingerprint density at radius 3 is 0.824 bits per heavy atom. The van der Waals surface area contributed by atoms with Crippen molar-refractivity contribution >= 4 is 11.3 Å². The molecule has 11 heteroatoms. The van der Waals surface area contributed by atoms with Gasteiger partial charge in [-0.1, -0.05) is 85.0 Å². The Morgan fingerprint density at radius 1 is 0.314 bits per heavy atom. The number of benzene rings is 1. The molecule has 0 unspecified atom stereocenters. The number of hydrogen-bond donors (Lipinski definition) is 0. The Morgan fingerprint density at radius 2 is 0.667 bits per heavy atom. The van der Waals surface area contributed by atoms with Crippen molar-refractivity contribution in [2.75, 3.05) is 0 Å². The molecule has 0 N–H and O–H groups in total. The quantitative estimate of drug-likeness (QED) is 0.151. The van der Waals surface area contributed by atoms with Crippen molar-refractivity contribution in [3.05, 3.63) is 238 Å². The van der Waals surface area contributed by atoms with Crippen LogP contribution in [0.5, 0.6) is 0 Å². The van der Waals surface area contributed by atoms with Gasteiger partial charge >= 0.3 is 0 Å². The highest BCUT2D eigenvalue weighted by atomic mass is 32.1. The second kappa shape index (κ2) is 39.3. The minimum atomic E-state index is 1.14. The first-order chi connectivity index (χ1) is 25.5. The molecule has 258 valence electrons. The Labute approximate surface area is 304 Å². The van der Waals surface area contributed by atoms with E-state index in [1.807, 2.05) is 108 Å². The van der Waals surface area contributed by atoms with E-state index >= 15 is 0 Å². The van der Waals surface area contributed by atoms with E-state index in [4.69, 9.17) is 0 Å². The van der Waals surface area contributed by atoms with Gasteiger partial charge in [0.2, 0.25) is 0 Å². The van der Waals surface area contributed by atoms with Crippen LogP contribution in [0.15, 0.2) is 242 Å². The zero-order chi connectivity index (χ0) is 36.1. The molecule has 0 amide bonds. The molecular formula is C40H41N9OS. The van der Waals surface area contributed by atoms with E-state index in [0.717, 1.165) is 6.42 Å². The van der Waals surface area contributed by atoms with Crippen molar-refractivity contribution in [3.8, 4) is 0 Å². The molecule has 1 aliphatic rings. The number of aromatic nitrogens is 9. The van der Waals surface area contributed by atoms with Gasteiger partial charge in [0.25, 0.3) is 0 Å². The second-order valence-corrected chi connectivity index (χ2v) is 9.29. The molecule has 9 rings (SSSR count). The lowest BCUT2D eigenvalue weighted by Gasteiger charge is -1.70. The highest BCUT2D eigenvalue weighted by Crippen LogP contribution is 1.93. The van der Waals surface area contributed by atoms with E-state index in [1.165, 1.54) is 25.3 Å². The third-order valence-electron chi connectivity index (χ3n) is 4.66. The van der Waals surface area contributed by atoms with Crippen LogP contribution in [0.4, 0.5) is 0 Å². The first-order valence-electron chi connectivity index (χ1n) is 15.4. The Bertz CT molecular complexity index is 1210. The minimum absolute atomic E-state index is 1.14. The van der Waals surface area contributed by atoms with Crippen LogP contribution >= 0.6 is 11.3 Å². The third-order valence-corrected chi connectivity index (χ3v) is 5.29. The summed E-state index contributed by atoms with van der Waals surface area (Å²) >= 11 is 1.71. The van der Waals surface area contributed by atoms with Crippen LogP contribution in [0.2, 0.25) is 0 Å². The molecule has 1 aromatic carbocycles. The van der Waals surface area contributed by atoms with E-state index in [1.54, 1.807) is 91.9 Å². The molecule has 51 heavy (non-hydrogen) atoms. The summed E-state index contributed by atoms with van der Waals surface area (Å²) in [6.45, 7) is 0. The highest BCUT2D eigenvalue weighted by molar-refractivity contribution is 7.07. The minimum Gasteiger partial charge on any atom is -0.473 e. The van der Waals surface area contributed by atoms with Crippen LogP contribution < -0.4 is 0 Å². The number of furan rings is 1. The van der Waals surface area contributed by atoms with Crippen LogP contribution in [0.25, 0.3) is 0 Å². The van der Waals surface area contributed by atoms with Crippen LogP contribution in [-0.2, 0) is 0 Å². The summed E-state index contributed by atoms with van der Waals surface area (Å²) in [5.74, 6) is 0. The summed E-state index contributed by atoms with van der Waals surface area (Å²) in [5, 5.41) is 4.08. The summed E-state index contributed by atoms with van der Waals surface area (Å²) in [6.07, 6.45) is 35.5. The monoisotopic (exact) mass is 695 g/mol.